The number of unbranched alkanes of at least 4 members (excludes halogenated alkanes) is 1. The first-order valence-electron chi connectivity index (χ1n) is 6.49. The van der Waals surface area contributed by atoms with Gasteiger partial charge in [-0.2, -0.15) is 0 Å². The van der Waals surface area contributed by atoms with Crippen molar-refractivity contribution in [2.45, 2.75) is 33.1 Å². The number of hydrazine groups is 1. The molecule has 3 amide bonds. The SMILES string of the molecule is CCCCC(=O)Nc1ccc(C(=O)NNC(C)=O)cc1. The van der Waals surface area contributed by atoms with Crippen LogP contribution in [0, 0.1) is 0 Å². The van der Waals surface area contributed by atoms with Gasteiger partial charge in [0, 0.05) is 24.6 Å². The Morgan fingerprint density at radius 1 is 1.05 bits per heavy atom. The Morgan fingerprint density at radius 3 is 2.25 bits per heavy atom. The van der Waals surface area contributed by atoms with Crippen LogP contribution in [-0.2, 0) is 9.59 Å². The fraction of sp³-hybridized carbons (Fsp3) is 0.357. The first-order chi connectivity index (χ1) is 9.52. The Morgan fingerprint density at radius 2 is 1.70 bits per heavy atom. The van der Waals surface area contributed by atoms with Crippen LogP contribution in [0.1, 0.15) is 43.5 Å². The summed E-state index contributed by atoms with van der Waals surface area (Å²) in [5.74, 6) is -0.801. The highest BCUT2D eigenvalue weighted by Gasteiger charge is 2.06. The second-order valence-corrected chi connectivity index (χ2v) is 4.36. The van der Waals surface area contributed by atoms with Crippen LogP contribution in [0.4, 0.5) is 5.69 Å². The number of nitrogens with one attached hydrogen (secondary N) is 3. The van der Waals surface area contributed by atoms with Gasteiger partial charge < -0.3 is 5.32 Å². The molecule has 0 heterocycles. The van der Waals surface area contributed by atoms with Gasteiger partial charge >= 0.3 is 0 Å². The van der Waals surface area contributed by atoms with Crippen molar-refractivity contribution in [3.8, 4) is 0 Å². The Balaban J connectivity index is 2.53. The summed E-state index contributed by atoms with van der Waals surface area (Å²) in [6.07, 6.45) is 2.31. The molecule has 1 aromatic rings. The zero-order valence-electron chi connectivity index (χ0n) is 11.7. The van der Waals surface area contributed by atoms with E-state index in [9.17, 15) is 14.4 Å². The second kappa shape index (κ2) is 7.93. The maximum Gasteiger partial charge on any atom is 0.269 e. The number of carbonyl (C=O) groups excluding carboxylic acids is 3. The van der Waals surface area contributed by atoms with Gasteiger partial charge in [-0.05, 0) is 30.7 Å². The van der Waals surface area contributed by atoms with Crippen molar-refractivity contribution in [2.24, 2.45) is 0 Å². The molecule has 0 unspecified atom stereocenters. The average molecular weight is 277 g/mol. The molecule has 6 heteroatoms. The van der Waals surface area contributed by atoms with Crippen LogP contribution < -0.4 is 16.2 Å². The lowest BCUT2D eigenvalue weighted by atomic mass is 10.2. The zero-order chi connectivity index (χ0) is 15.0. The molecule has 0 fully saturated rings. The van der Waals surface area contributed by atoms with Crippen LogP contribution >= 0.6 is 0 Å². The molecule has 0 aliphatic carbocycles. The minimum absolute atomic E-state index is 0.0395. The molecule has 108 valence electrons. The summed E-state index contributed by atoms with van der Waals surface area (Å²) < 4.78 is 0. The van der Waals surface area contributed by atoms with E-state index < -0.39 is 5.91 Å². The van der Waals surface area contributed by atoms with Gasteiger partial charge in [0.05, 0.1) is 0 Å². The van der Waals surface area contributed by atoms with Crippen molar-refractivity contribution in [1.82, 2.24) is 10.9 Å². The highest BCUT2D eigenvalue weighted by atomic mass is 16.2. The first-order valence-corrected chi connectivity index (χ1v) is 6.49. The number of carbonyl (C=O) groups is 3. The van der Waals surface area contributed by atoms with Crippen LogP contribution in [0.25, 0.3) is 0 Å². The molecule has 0 saturated carbocycles. The lowest BCUT2D eigenvalue weighted by Crippen LogP contribution is -2.40. The maximum absolute atomic E-state index is 11.6. The van der Waals surface area contributed by atoms with E-state index in [-0.39, 0.29) is 11.8 Å². The van der Waals surface area contributed by atoms with E-state index in [1.54, 1.807) is 24.3 Å². The summed E-state index contributed by atoms with van der Waals surface area (Å²) in [5, 5.41) is 2.75. The molecule has 0 aliphatic rings. The van der Waals surface area contributed by atoms with Gasteiger partial charge in [-0.1, -0.05) is 13.3 Å². The third-order valence-corrected chi connectivity index (χ3v) is 2.54. The summed E-state index contributed by atoms with van der Waals surface area (Å²) in [6, 6.07) is 6.44. The third kappa shape index (κ3) is 5.51. The number of rotatable bonds is 5. The number of hydrogen-bond acceptors (Lipinski definition) is 3. The number of amides is 3. The quantitative estimate of drug-likeness (QED) is 0.714. The van der Waals surface area contributed by atoms with Crippen molar-refractivity contribution >= 4 is 23.4 Å². The zero-order valence-corrected chi connectivity index (χ0v) is 11.7. The van der Waals surface area contributed by atoms with Crippen LogP contribution in [0.2, 0.25) is 0 Å². The van der Waals surface area contributed by atoms with E-state index in [1.165, 1.54) is 6.92 Å². The molecule has 3 N–H and O–H groups in total. The van der Waals surface area contributed by atoms with E-state index >= 15 is 0 Å². The molecular formula is C14H19N3O3. The highest BCUT2D eigenvalue weighted by molar-refractivity contribution is 5.96. The van der Waals surface area contributed by atoms with Crippen LogP contribution in [0.15, 0.2) is 24.3 Å². The van der Waals surface area contributed by atoms with Gasteiger partial charge in [-0.3, -0.25) is 25.2 Å². The van der Waals surface area contributed by atoms with Gasteiger partial charge in [-0.15, -0.1) is 0 Å². The number of benzene rings is 1. The van der Waals surface area contributed by atoms with E-state index in [0.29, 0.717) is 17.7 Å². The number of hydrogen-bond donors (Lipinski definition) is 3. The second-order valence-electron chi connectivity index (χ2n) is 4.36. The molecule has 0 atom stereocenters. The molecule has 0 aliphatic heterocycles. The Kier molecular flexibility index (Phi) is 6.22. The average Bonchev–Trinajstić information content (AvgIpc) is 2.43. The van der Waals surface area contributed by atoms with Gasteiger partial charge in [0.15, 0.2) is 0 Å². The smallest absolute Gasteiger partial charge is 0.269 e. The van der Waals surface area contributed by atoms with Gasteiger partial charge in [0.1, 0.15) is 0 Å². The molecule has 6 nitrogen and oxygen atoms in total. The maximum atomic E-state index is 11.6. The predicted octanol–water partition coefficient (Wildman–Crippen LogP) is 1.60. The topological polar surface area (TPSA) is 87.3 Å². The minimum Gasteiger partial charge on any atom is -0.326 e. The first kappa shape index (κ1) is 15.7. The Bertz CT molecular complexity index is 483. The largest absolute Gasteiger partial charge is 0.326 e. The van der Waals surface area contributed by atoms with Crippen LogP contribution in [0.5, 0.6) is 0 Å². The van der Waals surface area contributed by atoms with Crippen molar-refractivity contribution in [3.05, 3.63) is 29.8 Å². The third-order valence-electron chi connectivity index (χ3n) is 2.54. The van der Waals surface area contributed by atoms with Crippen molar-refractivity contribution in [3.63, 3.8) is 0 Å². The molecule has 0 bridgehead atoms. The molecule has 0 saturated heterocycles. The summed E-state index contributed by atoms with van der Waals surface area (Å²) >= 11 is 0. The van der Waals surface area contributed by atoms with E-state index in [0.717, 1.165) is 12.8 Å². The van der Waals surface area contributed by atoms with E-state index in [4.69, 9.17) is 0 Å². The monoisotopic (exact) mass is 277 g/mol. The standard InChI is InChI=1S/C14H19N3O3/c1-3-4-5-13(19)15-12-8-6-11(7-9-12)14(20)17-16-10(2)18/h6-9H,3-5H2,1-2H3,(H,15,19)(H,16,18)(H,17,20). The Labute approximate surface area is 117 Å². The summed E-state index contributed by atoms with van der Waals surface area (Å²) in [7, 11) is 0. The van der Waals surface area contributed by atoms with Gasteiger partial charge in [0.2, 0.25) is 11.8 Å². The fourth-order valence-corrected chi connectivity index (χ4v) is 1.48. The molecule has 0 aromatic heterocycles. The van der Waals surface area contributed by atoms with Crippen molar-refractivity contribution in [1.29, 1.82) is 0 Å². The molecule has 0 spiro atoms. The summed E-state index contributed by atoms with van der Waals surface area (Å²) in [4.78, 5) is 33.8. The number of anilines is 1. The fourth-order valence-electron chi connectivity index (χ4n) is 1.48. The summed E-state index contributed by atoms with van der Waals surface area (Å²) in [6.45, 7) is 3.32. The molecule has 1 rings (SSSR count). The van der Waals surface area contributed by atoms with Gasteiger partial charge in [0.25, 0.3) is 5.91 Å². The Hall–Kier alpha value is -2.37. The van der Waals surface area contributed by atoms with Crippen LogP contribution in [0.3, 0.4) is 0 Å². The van der Waals surface area contributed by atoms with E-state index in [1.807, 2.05) is 6.92 Å². The van der Waals surface area contributed by atoms with Crippen molar-refractivity contribution < 1.29 is 14.4 Å². The molecule has 0 radical (unpaired) electrons. The van der Waals surface area contributed by atoms with E-state index in [2.05, 4.69) is 16.2 Å². The molecule has 20 heavy (non-hydrogen) atoms. The van der Waals surface area contributed by atoms with Crippen molar-refractivity contribution in [2.75, 3.05) is 5.32 Å². The summed E-state index contributed by atoms with van der Waals surface area (Å²) in [5.41, 5.74) is 5.50. The lowest BCUT2D eigenvalue weighted by Gasteiger charge is -2.07. The minimum atomic E-state index is -0.413. The normalized spacial score (nSPS) is 9.70. The lowest BCUT2D eigenvalue weighted by molar-refractivity contribution is -0.119. The molecular weight excluding hydrogens is 258 g/mol. The molecule has 1 aromatic carbocycles. The van der Waals surface area contributed by atoms with Gasteiger partial charge in [-0.25, -0.2) is 0 Å². The highest BCUT2D eigenvalue weighted by Crippen LogP contribution is 2.10. The predicted molar refractivity (Wildman–Crippen MR) is 75.9 cm³/mol. The van der Waals surface area contributed by atoms with Crippen LogP contribution in [-0.4, -0.2) is 17.7 Å².